The molecule has 706 valence electrons. The van der Waals surface area contributed by atoms with Crippen LogP contribution in [0.1, 0.15) is 149 Å². The first kappa shape index (κ1) is 95.8. The maximum absolute atomic E-state index is 6.42. The summed E-state index contributed by atoms with van der Waals surface area (Å²) in [7, 11) is 0. The second-order valence-corrected chi connectivity index (χ2v) is 38.5. The minimum Gasteiger partial charge on any atom is -0.494 e. The SMILES string of the molecule is c1cc2cc(c1)OCCCCCCOc1ccc(cc1)-c1ccc3ccc4ccc(nc4c3n1)-c1ccc(cc1)OCCCCCCO2.c1ccc(-c2ccc(C(CCCCCCOc3ccc(SCCCCCCC(c4ccc(-c5ccccc5)cc4)(c4ccc(-c5ccccc5)cc4)c4ccc(-c5ccccc5)cc4)cc3)(c3ccc(-c4ccccc4)cc3)c3ccc(-c4ccccc4)cc3)cc2)cc1. The number of aromatic nitrogens is 2. The topological polar surface area (TPSA) is 71.9 Å². The predicted molar refractivity (Wildman–Crippen MR) is 593 cm³/mol. The van der Waals surface area contributed by atoms with Crippen molar-refractivity contribution in [2.75, 3.05) is 38.8 Å². The summed E-state index contributed by atoms with van der Waals surface area (Å²) in [4.78, 5) is 11.5. The van der Waals surface area contributed by atoms with Gasteiger partial charge in [-0.3, -0.25) is 0 Å². The predicted octanol–water partition coefficient (Wildman–Crippen LogP) is 35.6. The first-order chi connectivity index (χ1) is 70.4. The van der Waals surface area contributed by atoms with Gasteiger partial charge in [-0.05, 0) is 280 Å². The van der Waals surface area contributed by atoms with Crippen LogP contribution < -0.4 is 23.7 Å². The van der Waals surface area contributed by atoms with Crippen LogP contribution in [0.5, 0.6) is 28.7 Å². The number of ether oxygens (including phenoxy) is 5. The summed E-state index contributed by atoms with van der Waals surface area (Å²) in [5.41, 5.74) is 27.7. The Morgan fingerprint density at radius 3 is 0.796 bits per heavy atom. The van der Waals surface area contributed by atoms with Crippen LogP contribution in [0.15, 0.2) is 466 Å². The van der Waals surface area contributed by atoms with Gasteiger partial charge in [0.1, 0.15) is 28.7 Å². The van der Waals surface area contributed by atoms with Crippen LogP contribution in [0.25, 0.3) is 111 Å². The van der Waals surface area contributed by atoms with Crippen molar-refractivity contribution in [1.29, 1.82) is 0 Å². The van der Waals surface area contributed by atoms with Crippen LogP contribution in [0.4, 0.5) is 0 Å². The highest BCUT2D eigenvalue weighted by atomic mass is 32.2. The lowest BCUT2D eigenvalue weighted by molar-refractivity contribution is 0.279. The van der Waals surface area contributed by atoms with E-state index in [9.17, 15) is 0 Å². The van der Waals surface area contributed by atoms with Crippen LogP contribution >= 0.6 is 11.8 Å². The van der Waals surface area contributed by atoms with Crippen molar-refractivity contribution < 1.29 is 23.7 Å². The molecule has 3 aliphatic rings. The molecular formula is C134H124N2O5S. The van der Waals surface area contributed by atoms with Gasteiger partial charge in [-0.1, -0.05) is 396 Å². The van der Waals surface area contributed by atoms with Gasteiger partial charge in [0.05, 0.1) is 55.5 Å². The number of nitrogens with zero attached hydrogens (tertiary/aromatic N) is 2. The lowest BCUT2D eigenvalue weighted by Crippen LogP contribution is -2.29. The van der Waals surface area contributed by atoms with Gasteiger partial charge in [0, 0.05) is 43.7 Å². The van der Waals surface area contributed by atoms with E-state index in [1.165, 1.54) is 118 Å². The molecule has 5 heterocycles. The van der Waals surface area contributed by atoms with Gasteiger partial charge in [-0.2, -0.15) is 0 Å². The number of unbranched alkanes of at least 4 members (excludes halogenated alkanes) is 6. The standard InChI is InChI=1S/C92H82OS.C42H42N2O4/c1(23-67-91(83-51-39-77(40-52-83)71-27-11-5-12-28-71,84-53-41-78(42-54-84)72-29-13-6-14-30-72)85-55-43-79(44-56-85)73-31-15-7-16-32-73)3-25-69-93-89-63-65-90(66-64-89)94-70-26-4-2-24-68-92(86-57-45-80(46-58-86)74-33-17-8-18-34-74,87-59-47-81(48-60-87)75-35-19-9-20-36-75)88-61-49-82(50-62-88)76-37-21-10-22-38-76;1-3-7-28-47-37-10-9-11-38(30-37)48-29-8-4-2-6-27-46-36-22-16-32(17-23-36)40-25-19-34-13-12-33-18-24-39(43-41(33)42(34)44-40)31-14-20-35(21-15-31)45-26-5-1/h5-22,27-66H,1-4,23-26,67-70H2;9-25,30H,1-8,26-29H2. The van der Waals surface area contributed by atoms with Crippen molar-refractivity contribution in [3.63, 3.8) is 0 Å². The van der Waals surface area contributed by atoms with Gasteiger partial charge in [0.2, 0.25) is 0 Å². The van der Waals surface area contributed by atoms with Crippen molar-refractivity contribution >= 4 is 33.6 Å². The van der Waals surface area contributed by atoms with Crippen LogP contribution in [-0.4, -0.2) is 48.8 Å². The lowest BCUT2D eigenvalue weighted by Gasteiger charge is -2.37. The molecule has 3 aliphatic heterocycles. The number of pyridine rings is 2. The summed E-state index contributed by atoms with van der Waals surface area (Å²) in [6.07, 6.45) is 19.4. The lowest BCUT2D eigenvalue weighted by atomic mass is 9.66. The molecule has 17 aromatic carbocycles. The Hall–Kier alpha value is -15.1. The van der Waals surface area contributed by atoms with Crippen molar-refractivity contribution in [1.82, 2.24) is 9.97 Å². The number of fused-ring (bicyclic) bond motifs is 2. The zero-order valence-electron chi connectivity index (χ0n) is 81.2. The Kier molecular flexibility index (Phi) is 32.8. The molecule has 19 aromatic rings. The summed E-state index contributed by atoms with van der Waals surface area (Å²) in [5.74, 6) is 5.51. The number of hydrogen-bond acceptors (Lipinski definition) is 8. The molecule has 22 rings (SSSR count). The zero-order chi connectivity index (χ0) is 95.8. The van der Waals surface area contributed by atoms with E-state index in [-0.39, 0.29) is 10.8 Å². The Morgan fingerprint density at radius 1 is 0.218 bits per heavy atom. The van der Waals surface area contributed by atoms with Crippen molar-refractivity contribution in [3.8, 4) is 118 Å². The summed E-state index contributed by atoms with van der Waals surface area (Å²) >= 11 is 1.96. The van der Waals surface area contributed by atoms with Crippen LogP contribution in [0, 0.1) is 0 Å². The third kappa shape index (κ3) is 24.5. The molecule has 0 fully saturated rings. The van der Waals surface area contributed by atoms with E-state index in [2.05, 4.69) is 413 Å². The Balaban J connectivity index is 0.000000223. The minimum atomic E-state index is -0.367. The molecule has 0 atom stereocenters. The van der Waals surface area contributed by atoms with E-state index in [0.29, 0.717) is 33.0 Å². The van der Waals surface area contributed by atoms with Crippen molar-refractivity contribution in [2.24, 2.45) is 0 Å². The van der Waals surface area contributed by atoms with Gasteiger partial charge in [-0.25, -0.2) is 9.97 Å². The largest absolute Gasteiger partial charge is 0.494 e. The maximum atomic E-state index is 6.42. The molecule has 8 heteroatoms. The van der Waals surface area contributed by atoms with Gasteiger partial charge in [0.15, 0.2) is 0 Å². The van der Waals surface area contributed by atoms with Gasteiger partial charge < -0.3 is 23.7 Å². The molecule has 0 saturated heterocycles. The first-order valence-corrected chi connectivity index (χ1v) is 52.2. The van der Waals surface area contributed by atoms with E-state index in [4.69, 9.17) is 33.7 Å². The fraction of sp³-hybridized carbons (Fsp3) is 0.194. The quantitative estimate of drug-likeness (QED) is 0.0208. The molecule has 2 aromatic heterocycles. The monoisotopic (exact) mass is 1870 g/mol. The zero-order valence-corrected chi connectivity index (χ0v) is 82.0. The number of hydrogen-bond donors (Lipinski definition) is 0. The Labute approximate surface area is 843 Å². The highest BCUT2D eigenvalue weighted by molar-refractivity contribution is 7.99. The normalized spacial score (nSPS) is 12.8. The molecule has 7 nitrogen and oxygen atoms in total. The average Bonchev–Trinajstić information content (AvgIpc) is 0.741. The fourth-order valence-corrected chi connectivity index (χ4v) is 21.0. The first-order valence-electron chi connectivity index (χ1n) is 51.2. The third-order valence-electron chi connectivity index (χ3n) is 27.9. The molecule has 142 heavy (non-hydrogen) atoms. The Bertz CT molecular complexity index is 6280. The fourth-order valence-electron chi connectivity index (χ4n) is 20.1. The van der Waals surface area contributed by atoms with Gasteiger partial charge in [0.25, 0.3) is 0 Å². The van der Waals surface area contributed by atoms with E-state index in [1.807, 2.05) is 60.3 Å². The number of thioether (sulfide) groups is 1. The van der Waals surface area contributed by atoms with Crippen LogP contribution in [-0.2, 0) is 10.8 Å². The molecule has 0 amide bonds. The molecular weight excluding hydrogens is 1750 g/mol. The van der Waals surface area contributed by atoms with E-state index in [0.717, 1.165) is 182 Å². The Morgan fingerprint density at radius 2 is 0.486 bits per heavy atom. The maximum Gasteiger partial charge on any atom is 0.122 e. The molecule has 10 bridgehead atoms. The van der Waals surface area contributed by atoms with Crippen LogP contribution in [0.3, 0.4) is 0 Å². The van der Waals surface area contributed by atoms with E-state index < -0.39 is 0 Å². The molecule has 0 aliphatic carbocycles. The molecule has 0 saturated carbocycles. The van der Waals surface area contributed by atoms with Gasteiger partial charge in [-0.15, -0.1) is 11.8 Å². The number of benzene rings is 17. The van der Waals surface area contributed by atoms with Crippen molar-refractivity contribution in [3.05, 3.63) is 494 Å². The van der Waals surface area contributed by atoms with E-state index >= 15 is 0 Å². The van der Waals surface area contributed by atoms with Gasteiger partial charge >= 0.3 is 0 Å². The molecule has 0 unspecified atom stereocenters. The summed E-state index contributed by atoms with van der Waals surface area (Å²) < 4.78 is 30.5. The highest BCUT2D eigenvalue weighted by Crippen LogP contribution is 2.49. The van der Waals surface area contributed by atoms with Crippen molar-refractivity contribution in [2.45, 2.75) is 131 Å². The van der Waals surface area contributed by atoms with E-state index in [1.54, 1.807) is 0 Å². The molecule has 0 radical (unpaired) electrons. The summed E-state index contributed by atoms with van der Waals surface area (Å²) in [5, 5.41) is 2.14. The molecule has 0 N–H and O–H groups in total. The summed E-state index contributed by atoms with van der Waals surface area (Å²) in [6.45, 7) is 3.51. The smallest absolute Gasteiger partial charge is 0.122 e. The summed E-state index contributed by atoms with van der Waals surface area (Å²) in [6, 6.07) is 167. The average molecular weight is 1870 g/mol. The second kappa shape index (κ2) is 48.7. The molecule has 0 spiro atoms. The number of rotatable bonds is 28. The highest BCUT2D eigenvalue weighted by Gasteiger charge is 2.38. The second-order valence-electron chi connectivity index (χ2n) is 37.3. The van der Waals surface area contributed by atoms with Crippen LogP contribution in [0.2, 0.25) is 0 Å². The minimum absolute atomic E-state index is 0.350. The third-order valence-corrected chi connectivity index (χ3v) is 29.0.